The van der Waals surface area contributed by atoms with Crippen LogP contribution in [0.5, 0.6) is 11.5 Å². The van der Waals surface area contributed by atoms with E-state index in [0.29, 0.717) is 23.7 Å². The number of ether oxygens (including phenoxy) is 2. The molecule has 2 aliphatic rings. The fraction of sp³-hybridized carbons (Fsp3) is 0.682. The Morgan fingerprint density at radius 3 is 2.11 bits per heavy atom. The number of rotatable bonds is 6. The number of carbonyl (C=O) groups is 1. The molecule has 5 nitrogen and oxygen atoms in total. The zero-order chi connectivity index (χ0) is 19.6. The Kier molecular flexibility index (Phi) is 6.30. The van der Waals surface area contributed by atoms with Gasteiger partial charge in [0, 0.05) is 32.2 Å². The molecule has 5 heteroatoms. The summed E-state index contributed by atoms with van der Waals surface area (Å²) in [6.45, 7) is 10.3. The summed E-state index contributed by atoms with van der Waals surface area (Å²) >= 11 is 0. The number of carbonyl (C=O) groups excluding carboxylic acids is 1. The lowest BCUT2D eigenvalue weighted by molar-refractivity contribution is -0.141. The lowest BCUT2D eigenvalue weighted by atomic mass is 9.89. The highest BCUT2D eigenvalue weighted by molar-refractivity contribution is 5.81. The van der Waals surface area contributed by atoms with E-state index in [0.717, 1.165) is 44.1 Å². The summed E-state index contributed by atoms with van der Waals surface area (Å²) in [7, 11) is 3.36. The van der Waals surface area contributed by atoms with Crippen LogP contribution in [0.25, 0.3) is 0 Å². The van der Waals surface area contributed by atoms with Gasteiger partial charge in [0.25, 0.3) is 0 Å². The van der Waals surface area contributed by atoms with Crippen LogP contribution in [0.3, 0.4) is 0 Å². The van der Waals surface area contributed by atoms with Crippen LogP contribution in [0, 0.1) is 17.8 Å². The zero-order valence-electron chi connectivity index (χ0n) is 17.4. The summed E-state index contributed by atoms with van der Waals surface area (Å²) in [4.78, 5) is 17.3. The molecule has 0 aliphatic carbocycles. The smallest absolute Gasteiger partial charge is 0.239 e. The Labute approximate surface area is 163 Å². The van der Waals surface area contributed by atoms with E-state index in [1.54, 1.807) is 14.2 Å². The van der Waals surface area contributed by atoms with Crippen LogP contribution >= 0.6 is 0 Å². The van der Waals surface area contributed by atoms with Crippen molar-refractivity contribution in [2.75, 3.05) is 40.4 Å². The van der Waals surface area contributed by atoms with E-state index in [9.17, 15) is 4.79 Å². The molecule has 0 radical (unpaired) electrons. The quantitative estimate of drug-likeness (QED) is 0.767. The van der Waals surface area contributed by atoms with Gasteiger partial charge >= 0.3 is 0 Å². The van der Waals surface area contributed by atoms with E-state index in [4.69, 9.17) is 9.47 Å². The Bertz CT molecular complexity index is 625. The first kappa shape index (κ1) is 20.0. The summed E-state index contributed by atoms with van der Waals surface area (Å²) in [6.07, 6.45) is 2.22. The van der Waals surface area contributed by atoms with Gasteiger partial charge in [-0.3, -0.25) is 9.69 Å². The maximum atomic E-state index is 12.9. The lowest BCUT2D eigenvalue weighted by Crippen LogP contribution is -2.58. The van der Waals surface area contributed by atoms with E-state index in [-0.39, 0.29) is 6.04 Å². The Morgan fingerprint density at radius 1 is 1.04 bits per heavy atom. The fourth-order valence-electron chi connectivity index (χ4n) is 4.64. The van der Waals surface area contributed by atoms with Crippen LogP contribution in [0.4, 0.5) is 0 Å². The van der Waals surface area contributed by atoms with Gasteiger partial charge in [0.15, 0.2) is 0 Å². The van der Waals surface area contributed by atoms with Gasteiger partial charge < -0.3 is 14.4 Å². The van der Waals surface area contributed by atoms with Crippen molar-refractivity contribution in [1.82, 2.24) is 9.80 Å². The van der Waals surface area contributed by atoms with E-state index in [2.05, 4.69) is 42.7 Å². The molecule has 0 N–H and O–H groups in total. The van der Waals surface area contributed by atoms with Crippen molar-refractivity contribution in [3.05, 3.63) is 23.8 Å². The SMILES string of the molecule is COc1cc(CC2CN(C(C)C(=O)N3CC(C)CC(C)C3)C2)cc(OC)c1. The van der Waals surface area contributed by atoms with E-state index < -0.39 is 0 Å². The number of hydrogen-bond donors (Lipinski definition) is 0. The number of likely N-dealkylation sites (tertiary alicyclic amines) is 2. The molecule has 0 saturated carbocycles. The first-order chi connectivity index (χ1) is 12.9. The lowest BCUT2D eigenvalue weighted by Gasteiger charge is -2.45. The highest BCUT2D eigenvalue weighted by Crippen LogP contribution is 2.29. The monoisotopic (exact) mass is 374 g/mol. The van der Waals surface area contributed by atoms with Crippen molar-refractivity contribution >= 4 is 5.91 Å². The predicted molar refractivity (Wildman–Crippen MR) is 107 cm³/mol. The molecule has 27 heavy (non-hydrogen) atoms. The number of benzene rings is 1. The molecule has 2 heterocycles. The van der Waals surface area contributed by atoms with Gasteiger partial charge in [0.1, 0.15) is 11.5 Å². The normalized spacial score (nSPS) is 25.0. The molecule has 3 atom stereocenters. The molecule has 2 saturated heterocycles. The number of methoxy groups -OCH3 is 2. The topological polar surface area (TPSA) is 42.0 Å². The van der Waals surface area contributed by atoms with Crippen molar-refractivity contribution in [2.45, 2.75) is 39.7 Å². The molecule has 150 valence electrons. The molecule has 0 spiro atoms. The fourth-order valence-corrected chi connectivity index (χ4v) is 4.64. The Balaban J connectivity index is 1.52. The second kappa shape index (κ2) is 8.51. The maximum absolute atomic E-state index is 12.9. The Hall–Kier alpha value is -1.75. The second-order valence-corrected chi connectivity index (χ2v) is 8.61. The number of nitrogens with zero attached hydrogens (tertiary/aromatic N) is 2. The van der Waals surface area contributed by atoms with Gasteiger partial charge in [-0.1, -0.05) is 13.8 Å². The van der Waals surface area contributed by atoms with Crippen LogP contribution in [0.2, 0.25) is 0 Å². The molecule has 2 fully saturated rings. The molecule has 1 aromatic rings. The van der Waals surface area contributed by atoms with Crippen LogP contribution < -0.4 is 9.47 Å². The number of amides is 1. The van der Waals surface area contributed by atoms with Gasteiger partial charge in [0.2, 0.25) is 5.91 Å². The van der Waals surface area contributed by atoms with Crippen molar-refractivity contribution in [1.29, 1.82) is 0 Å². The molecule has 3 unspecified atom stereocenters. The molecular weight excluding hydrogens is 340 g/mol. The van der Waals surface area contributed by atoms with Crippen LogP contribution in [0.15, 0.2) is 18.2 Å². The maximum Gasteiger partial charge on any atom is 0.239 e. The highest BCUT2D eigenvalue weighted by Gasteiger charge is 2.36. The summed E-state index contributed by atoms with van der Waals surface area (Å²) in [5.41, 5.74) is 1.23. The Morgan fingerprint density at radius 2 is 1.59 bits per heavy atom. The molecule has 1 amide bonds. The number of piperidine rings is 1. The summed E-state index contributed by atoms with van der Waals surface area (Å²) < 4.78 is 10.7. The minimum atomic E-state index is -0.0152. The molecular formula is C22H34N2O3. The largest absolute Gasteiger partial charge is 0.497 e. The second-order valence-electron chi connectivity index (χ2n) is 8.61. The average molecular weight is 375 g/mol. The summed E-state index contributed by atoms with van der Waals surface area (Å²) in [5.74, 6) is 3.76. The first-order valence-electron chi connectivity index (χ1n) is 10.1. The van der Waals surface area contributed by atoms with Crippen molar-refractivity contribution in [3.8, 4) is 11.5 Å². The van der Waals surface area contributed by atoms with Gasteiger partial charge in [-0.25, -0.2) is 0 Å². The standard InChI is InChI=1S/C22H34N2O3/c1-15-6-16(2)12-24(11-15)22(25)17(3)23-13-19(14-23)7-18-8-20(26-4)10-21(9-18)27-5/h8-10,15-17,19H,6-7,11-14H2,1-5H3. The summed E-state index contributed by atoms with van der Waals surface area (Å²) in [5, 5.41) is 0. The van der Waals surface area contributed by atoms with E-state index in [1.165, 1.54) is 12.0 Å². The third-order valence-corrected chi connectivity index (χ3v) is 6.01. The third kappa shape index (κ3) is 4.75. The molecule has 0 aromatic heterocycles. The molecule has 0 bridgehead atoms. The van der Waals surface area contributed by atoms with Gasteiger partial charge in [-0.15, -0.1) is 0 Å². The van der Waals surface area contributed by atoms with Crippen LogP contribution in [0.1, 0.15) is 32.8 Å². The van der Waals surface area contributed by atoms with Crippen molar-refractivity contribution in [2.24, 2.45) is 17.8 Å². The first-order valence-corrected chi connectivity index (χ1v) is 10.1. The average Bonchev–Trinajstić information content (AvgIpc) is 2.62. The van der Waals surface area contributed by atoms with Gasteiger partial charge in [0.05, 0.1) is 20.3 Å². The van der Waals surface area contributed by atoms with Gasteiger partial charge in [-0.2, -0.15) is 0 Å². The molecule has 3 rings (SSSR count). The minimum Gasteiger partial charge on any atom is -0.497 e. The van der Waals surface area contributed by atoms with Crippen LogP contribution in [-0.4, -0.2) is 62.1 Å². The summed E-state index contributed by atoms with van der Waals surface area (Å²) in [6, 6.07) is 6.04. The third-order valence-electron chi connectivity index (χ3n) is 6.01. The van der Waals surface area contributed by atoms with E-state index >= 15 is 0 Å². The minimum absolute atomic E-state index is 0.0152. The predicted octanol–water partition coefficient (Wildman–Crippen LogP) is 3.07. The van der Waals surface area contributed by atoms with Crippen molar-refractivity contribution in [3.63, 3.8) is 0 Å². The van der Waals surface area contributed by atoms with Crippen molar-refractivity contribution < 1.29 is 14.3 Å². The molecule has 1 aromatic carbocycles. The molecule has 2 aliphatic heterocycles. The van der Waals surface area contributed by atoms with Gasteiger partial charge in [-0.05, 0) is 55.2 Å². The van der Waals surface area contributed by atoms with E-state index in [1.807, 2.05) is 6.07 Å². The zero-order valence-corrected chi connectivity index (χ0v) is 17.4. The number of hydrogen-bond acceptors (Lipinski definition) is 4. The van der Waals surface area contributed by atoms with Crippen LogP contribution in [-0.2, 0) is 11.2 Å². The highest BCUT2D eigenvalue weighted by atomic mass is 16.5.